The van der Waals surface area contributed by atoms with Crippen molar-refractivity contribution in [2.24, 2.45) is 0 Å². The molecule has 6 heteroatoms. The molecule has 90 valence electrons. The number of rotatable bonds is 4. The molecule has 0 aliphatic carbocycles. The summed E-state index contributed by atoms with van der Waals surface area (Å²) in [5.74, 6) is 0.738. The summed E-state index contributed by atoms with van der Waals surface area (Å²) < 4.78 is 8.18. The summed E-state index contributed by atoms with van der Waals surface area (Å²) in [6.45, 7) is 5.56. The molecule has 2 rings (SSSR count). The van der Waals surface area contributed by atoms with Gasteiger partial charge in [-0.25, -0.2) is 0 Å². The van der Waals surface area contributed by atoms with Crippen molar-refractivity contribution >= 4 is 29.1 Å². The molecule has 0 atom stereocenters. The highest BCUT2D eigenvalue weighted by atomic mass is 35.5. The summed E-state index contributed by atoms with van der Waals surface area (Å²) in [7, 11) is 0. The molecule has 0 aliphatic heterocycles. The Morgan fingerprint density at radius 1 is 1.35 bits per heavy atom. The van der Waals surface area contributed by atoms with Gasteiger partial charge in [-0.1, -0.05) is 17.7 Å². The summed E-state index contributed by atoms with van der Waals surface area (Å²) in [4.78, 5) is 6.53. The molecule has 17 heavy (non-hydrogen) atoms. The predicted octanol–water partition coefficient (Wildman–Crippen LogP) is 2.92. The standard InChI is InChI=1S/C11H13ClN4S/c1-3-16(11-10(12)14-17-15-11)7-9-6-4-5-8(2)13-9/h4-6H,3,7H2,1-2H3. The molecular weight excluding hydrogens is 256 g/mol. The molecule has 0 amide bonds. The average molecular weight is 269 g/mol. The number of aryl methyl sites for hydroxylation is 1. The number of anilines is 1. The number of halogens is 1. The summed E-state index contributed by atoms with van der Waals surface area (Å²) in [6, 6.07) is 5.99. The number of nitrogens with zero attached hydrogens (tertiary/aromatic N) is 4. The number of aromatic nitrogens is 3. The van der Waals surface area contributed by atoms with Gasteiger partial charge in [0.1, 0.15) is 0 Å². The highest BCUT2D eigenvalue weighted by molar-refractivity contribution is 6.99. The summed E-state index contributed by atoms with van der Waals surface area (Å²) in [5, 5.41) is 0.463. The van der Waals surface area contributed by atoms with E-state index in [1.807, 2.05) is 25.1 Å². The summed E-state index contributed by atoms with van der Waals surface area (Å²) in [6.07, 6.45) is 0. The van der Waals surface area contributed by atoms with Crippen molar-refractivity contribution in [3.05, 3.63) is 34.7 Å². The lowest BCUT2D eigenvalue weighted by atomic mass is 10.3. The second kappa shape index (κ2) is 5.42. The molecule has 2 heterocycles. The highest BCUT2D eigenvalue weighted by Gasteiger charge is 2.13. The maximum absolute atomic E-state index is 5.99. The van der Waals surface area contributed by atoms with Gasteiger partial charge in [0.15, 0.2) is 11.0 Å². The van der Waals surface area contributed by atoms with Crippen molar-refractivity contribution in [1.29, 1.82) is 0 Å². The largest absolute Gasteiger partial charge is 0.348 e. The molecule has 0 N–H and O–H groups in total. The van der Waals surface area contributed by atoms with Crippen molar-refractivity contribution in [2.45, 2.75) is 20.4 Å². The van der Waals surface area contributed by atoms with Crippen LogP contribution in [0.25, 0.3) is 0 Å². The van der Waals surface area contributed by atoms with E-state index in [1.165, 1.54) is 0 Å². The molecule has 2 aromatic heterocycles. The normalized spacial score (nSPS) is 10.5. The highest BCUT2D eigenvalue weighted by Crippen LogP contribution is 2.23. The fourth-order valence-electron chi connectivity index (χ4n) is 1.58. The molecule has 4 nitrogen and oxygen atoms in total. The lowest BCUT2D eigenvalue weighted by Gasteiger charge is -2.19. The van der Waals surface area contributed by atoms with E-state index in [4.69, 9.17) is 11.6 Å². The Balaban J connectivity index is 2.19. The quantitative estimate of drug-likeness (QED) is 0.855. The van der Waals surface area contributed by atoms with E-state index in [-0.39, 0.29) is 0 Å². The van der Waals surface area contributed by atoms with Crippen molar-refractivity contribution in [2.75, 3.05) is 11.4 Å². The van der Waals surface area contributed by atoms with Gasteiger partial charge in [-0.2, -0.15) is 8.75 Å². The zero-order valence-electron chi connectivity index (χ0n) is 9.72. The van der Waals surface area contributed by atoms with Crippen LogP contribution in [0.3, 0.4) is 0 Å². The van der Waals surface area contributed by atoms with Crippen molar-refractivity contribution in [1.82, 2.24) is 13.7 Å². The molecule has 0 radical (unpaired) electrons. The van der Waals surface area contributed by atoms with E-state index in [9.17, 15) is 0 Å². The van der Waals surface area contributed by atoms with Crippen LogP contribution in [0.5, 0.6) is 0 Å². The molecule has 0 aromatic carbocycles. The predicted molar refractivity (Wildman–Crippen MR) is 70.6 cm³/mol. The average Bonchev–Trinajstić information content (AvgIpc) is 2.72. The Morgan fingerprint density at radius 2 is 2.18 bits per heavy atom. The first kappa shape index (κ1) is 12.3. The first-order valence-electron chi connectivity index (χ1n) is 5.36. The SMILES string of the molecule is CCN(Cc1cccc(C)n1)c1nsnc1Cl. The Bertz CT molecular complexity index is 500. The molecule has 0 fully saturated rings. The molecule has 0 spiro atoms. The topological polar surface area (TPSA) is 41.9 Å². The minimum absolute atomic E-state index is 0.463. The van der Waals surface area contributed by atoms with Crippen LogP contribution in [0, 0.1) is 6.92 Å². The Kier molecular flexibility index (Phi) is 3.91. The first-order chi connectivity index (χ1) is 8.20. The molecule has 0 saturated heterocycles. The van der Waals surface area contributed by atoms with Crippen molar-refractivity contribution < 1.29 is 0 Å². The summed E-state index contributed by atoms with van der Waals surface area (Å²) in [5.41, 5.74) is 2.02. The van der Waals surface area contributed by atoms with E-state index in [0.717, 1.165) is 35.5 Å². The molecule has 0 bridgehead atoms. The Labute approximate surface area is 110 Å². The van der Waals surface area contributed by atoms with Gasteiger partial charge in [0.25, 0.3) is 0 Å². The lowest BCUT2D eigenvalue weighted by molar-refractivity contribution is 0.796. The molecular formula is C11H13ClN4S. The monoisotopic (exact) mass is 268 g/mol. The summed E-state index contributed by atoms with van der Waals surface area (Å²) >= 11 is 7.12. The second-order valence-corrected chi connectivity index (χ2v) is 4.55. The zero-order chi connectivity index (χ0) is 12.3. The number of hydrogen-bond donors (Lipinski definition) is 0. The van der Waals surface area contributed by atoms with Gasteiger partial charge in [0, 0.05) is 12.2 Å². The van der Waals surface area contributed by atoms with E-state index in [2.05, 4.69) is 25.6 Å². The van der Waals surface area contributed by atoms with Crippen LogP contribution in [0.4, 0.5) is 5.82 Å². The van der Waals surface area contributed by atoms with Gasteiger partial charge < -0.3 is 4.90 Å². The third kappa shape index (κ3) is 2.92. The zero-order valence-corrected chi connectivity index (χ0v) is 11.3. The first-order valence-corrected chi connectivity index (χ1v) is 6.47. The van der Waals surface area contributed by atoms with Crippen LogP contribution in [0.1, 0.15) is 18.3 Å². The molecule has 2 aromatic rings. The Morgan fingerprint density at radius 3 is 2.76 bits per heavy atom. The third-order valence-electron chi connectivity index (χ3n) is 2.41. The van der Waals surface area contributed by atoms with E-state index in [0.29, 0.717) is 11.7 Å². The van der Waals surface area contributed by atoms with Crippen LogP contribution >= 0.6 is 23.3 Å². The van der Waals surface area contributed by atoms with E-state index in [1.54, 1.807) is 0 Å². The van der Waals surface area contributed by atoms with Gasteiger partial charge in [-0.05, 0) is 26.0 Å². The van der Waals surface area contributed by atoms with E-state index < -0.39 is 0 Å². The molecule has 0 unspecified atom stereocenters. The second-order valence-electron chi connectivity index (χ2n) is 3.66. The van der Waals surface area contributed by atoms with Gasteiger partial charge >= 0.3 is 0 Å². The fraction of sp³-hybridized carbons (Fsp3) is 0.364. The minimum Gasteiger partial charge on any atom is -0.348 e. The van der Waals surface area contributed by atoms with Crippen molar-refractivity contribution in [3.63, 3.8) is 0 Å². The van der Waals surface area contributed by atoms with Gasteiger partial charge in [-0.15, -0.1) is 0 Å². The van der Waals surface area contributed by atoms with Crippen LogP contribution < -0.4 is 4.90 Å². The number of pyridine rings is 1. The molecule has 0 saturated carbocycles. The van der Waals surface area contributed by atoms with Crippen LogP contribution in [-0.2, 0) is 6.54 Å². The lowest BCUT2D eigenvalue weighted by Crippen LogP contribution is -2.23. The molecule has 0 aliphatic rings. The van der Waals surface area contributed by atoms with Gasteiger partial charge in [-0.3, -0.25) is 4.98 Å². The van der Waals surface area contributed by atoms with Crippen LogP contribution in [-0.4, -0.2) is 20.3 Å². The maximum atomic E-state index is 5.99. The van der Waals surface area contributed by atoms with Crippen molar-refractivity contribution in [3.8, 4) is 0 Å². The smallest absolute Gasteiger partial charge is 0.187 e. The Hall–Kier alpha value is -1.20. The van der Waals surface area contributed by atoms with Crippen LogP contribution in [0.2, 0.25) is 5.15 Å². The van der Waals surface area contributed by atoms with Gasteiger partial charge in [0.05, 0.1) is 24.0 Å². The van der Waals surface area contributed by atoms with Crippen LogP contribution in [0.15, 0.2) is 18.2 Å². The number of hydrogen-bond acceptors (Lipinski definition) is 5. The third-order valence-corrected chi connectivity index (χ3v) is 3.29. The minimum atomic E-state index is 0.463. The maximum Gasteiger partial charge on any atom is 0.187 e. The fourth-order valence-corrected chi connectivity index (χ4v) is 2.36. The van der Waals surface area contributed by atoms with E-state index >= 15 is 0 Å². The van der Waals surface area contributed by atoms with Gasteiger partial charge in [0.2, 0.25) is 0 Å².